The van der Waals surface area contributed by atoms with Crippen LogP contribution in [-0.4, -0.2) is 27.5 Å². The van der Waals surface area contributed by atoms with Crippen molar-refractivity contribution in [2.75, 3.05) is 6.54 Å². The van der Waals surface area contributed by atoms with Crippen molar-refractivity contribution in [3.8, 4) is 11.4 Å². The van der Waals surface area contributed by atoms with Crippen molar-refractivity contribution < 1.29 is 22.5 Å². The first-order chi connectivity index (χ1) is 11.7. The molecule has 0 unspecified atom stereocenters. The second-order valence-corrected chi connectivity index (χ2v) is 6.03. The molecule has 0 aliphatic carbocycles. The zero-order valence-corrected chi connectivity index (χ0v) is 14.3. The molecule has 2 aromatic rings. The van der Waals surface area contributed by atoms with Gasteiger partial charge < -0.3 is 9.42 Å². The number of nitrogens with zero attached hydrogens (tertiary/aromatic N) is 3. The van der Waals surface area contributed by atoms with E-state index in [1.165, 1.54) is 0 Å². The highest BCUT2D eigenvalue weighted by molar-refractivity contribution is 5.78. The van der Waals surface area contributed by atoms with Gasteiger partial charge in [0.15, 0.2) is 0 Å². The third-order valence-corrected chi connectivity index (χ3v) is 3.55. The van der Waals surface area contributed by atoms with Crippen molar-refractivity contribution in [3.63, 3.8) is 0 Å². The zero-order valence-electron chi connectivity index (χ0n) is 14.3. The van der Waals surface area contributed by atoms with E-state index in [0.29, 0.717) is 18.7 Å². The standard InChI is InChI=1S/C17H20F3N3O2/c1-4-9-23(15(24)11(2)3)10-12-5-7-13(8-6-12)14-21-16(25-22-14)17(18,19)20/h5-8,11H,4,9-10H2,1-3H3. The molecule has 0 bridgehead atoms. The van der Waals surface area contributed by atoms with Gasteiger partial charge in [0.1, 0.15) is 0 Å². The molecule has 0 saturated carbocycles. The number of carbonyl (C=O) groups is 1. The lowest BCUT2D eigenvalue weighted by molar-refractivity contribution is -0.159. The summed E-state index contributed by atoms with van der Waals surface area (Å²) in [7, 11) is 0. The fourth-order valence-electron chi connectivity index (χ4n) is 2.34. The summed E-state index contributed by atoms with van der Waals surface area (Å²) >= 11 is 0. The Morgan fingerprint density at radius 3 is 2.36 bits per heavy atom. The molecule has 0 N–H and O–H groups in total. The first-order valence-electron chi connectivity index (χ1n) is 8.01. The van der Waals surface area contributed by atoms with Crippen molar-refractivity contribution in [3.05, 3.63) is 35.7 Å². The normalized spacial score (nSPS) is 11.8. The predicted octanol–water partition coefficient (Wildman–Crippen LogP) is 4.15. The molecule has 8 heteroatoms. The van der Waals surface area contributed by atoms with E-state index in [9.17, 15) is 18.0 Å². The minimum absolute atomic E-state index is 0.0684. The third kappa shape index (κ3) is 4.80. The number of hydrogen-bond acceptors (Lipinski definition) is 4. The zero-order chi connectivity index (χ0) is 18.6. The Balaban J connectivity index is 2.13. The first-order valence-corrected chi connectivity index (χ1v) is 8.01. The Morgan fingerprint density at radius 2 is 1.88 bits per heavy atom. The predicted molar refractivity (Wildman–Crippen MR) is 85.3 cm³/mol. The third-order valence-electron chi connectivity index (χ3n) is 3.55. The summed E-state index contributed by atoms with van der Waals surface area (Å²) in [5.41, 5.74) is 1.30. The van der Waals surface area contributed by atoms with Crippen molar-refractivity contribution in [2.24, 2.45) is 5.92 Å². The average molecular weight is 355 g/mol. The van der Waals surface area contributed by atoms with Crippen LogP contribution in [0.1, 0.15) is 38.6 Å². The molecular formula is C17H20F3N3O2. The monoisotopic (exact) mass is 355 g/mol. The first kappa shape index (κ1) is 19.0. The Kier molecular flexibility index (Phi) is 5.81. The molecule has 1 heterocycles. The number of rotatable bonds is 6. The van der Waals surface area contributed by atoms with Crippen molar-refractivity contribution in [1.29, 1.82) is 0 Å². The summed E-state index contributed by atoms with van der Waals surface area (Å²) in [6, 6.07) is 6.72. The maximum atomic E-state index is 12.5. The average Bonchev–Trinajstić information content (AvgIpc) is 3.04. The van der Waals surface area contributed by atoms with E-state index in [1.54, 1.807) is 29.2 Å². The van der Waals surface area contributed by atoms with Gasteiger partial charge in [-0.05, 0) is 12.0 Å². The van der Waals surface area contributed by atoms with Gasteiger partial charge in [0.2, 0.25) is 11.7 Å². The van der Waals surface area contributed by atoms with Crippen molar-refractivity contribution in [1.82, 2.24) is 15.0 Å². The van der Waals surface area contributed by atoms with Gasteiger partial charge in [-0.15, -0.1) is 0 Å². The minimum Gasteiger partial charge on any atom is -0.338 e. The molecule has 0 radical (unpaired) electrons. The molecule has 25 heavy (non-hydrogen) atoms. The molecular weight excluding hydrogens is 335 g/mol. The highest BCUT2D eigenvalue weighted by atomic mass is 19.4. The van der Waals surface area contributed by atoms with Gasteiger partial charge in [0.25, 0.3) is 0 Å². The van der Waals surface area contributed by atoms with E-state index < -0.39 is 12.1 Å². The van der Waals surface area contributed by atoms with Gasteiger partial charge in [0.05, 0.1) is 0 Å². The maximum Gasteiger partial charge on any atom is 0.471 e. The van der Waals surface area contributed by atoms with Gasteiger partial charge in [-0.2, -0.15) is 18.2 Å². The number of alkyl halides is 3. The molecule has 5 nitrogen and oxygen atoms in total. The Bertz CT molecular complexity index is 709. The fraction of sp³-hybridized carbons (Fsp3) is 0.471. The number of hydrogen-bond donors (Lipinski definition) is 0. The number of carbonyl (C=O) groups excluding carboxylic acids is 1. The van der Waals surface area contributed by atoms with Crippen molar-refractivity contribution in [2.45, 2.75) is 39.9 Å². The lowest BCUT2D eigenvalue weighted by Crippen LogP contribution is -2.34. The van der Waals surface area contributed by atoms with Crippen LogP contribution in [0.2, 0.25) is 0 Å². The van der Waals surface area contributed by atoms with Gasteiger partial charge in [-0.1, -0.05) is 50.2 Å². The van der Waals surface area contributed by atoms with E-state index in [2.05, 4.69) is 14.7 Å². The van der Waals surface area contributed by atoms with E-state index in [1.807, 2.05) is 20.8 Å². The largest absolute Gasteiger partial charge is 0.471 e. The fourth-order valence-corrected chi connectivity index (χ4v) is 2.34. The van der Waals surface area contributed by atoms with Crippen LogP contribution in [0, 0.1) is 5.92 Å². The van der Waals surface area contributed by atoms with Crippen LogP contribution >= 0.6 is 0 Å². The van der Waals surface area contributed by atoms with Crippen LogP contribution in [0.4, 0.5) is 13.2 Å². The Labute approximate surface area is 143 Å². The maximum absolute atomic E-state index is 12.5. The molecule has 0 saturated heterocycles. The van der Waals surface area contributed by atoms with E-state index >= 15 is 0 Å². The smallest absolute Gasteiger partial charge is 0.338 e. The van der Waals surface area contributed by atoms with Crippen molar-refractivity contribution >= 4 is 5.91 Å². The topological polar surface area (TPSA) is 59.2 Å². The summed E-state index contributed by atoms with van der Waals surface area (Å²) in [6.07, 6.45) is -3.82. The number of halogens is 3. The molecule has 2 rings (SSSR count). The second-order valence-electron chi connectivity index (χ2n) is 6.03. The van der Waals surface area contributed by atoms with Gasteiger partial charge in [0, 0.05) is 24.6 Å². The highest BCUT2D eigenvalue weighted by Gasteiger charge is 2.38. The number of amides is 1. The van der Waals surface area contributed by atoms with E-state index in [0.717, 1.165) is 12.0 Å². The highest BCUT2D eigenvalue weighted by Crippen LogP contribution is 2.29. The van der Waals surface area contributed by atoms with Crippen LogP contribution in [0.15, 0.2) is 28.8 Å². The van der Waals surface area contributed by atoms with E-state index in [-0.39, 0.29) is 17.6 Å². The van der Waals surface area contributed by atoms with E-state index in [4.69, 9.17) is 0 Å². The lowest BCUT2D eigenvalue weighted by atomic mass is 10.1. The molecule has 136 valence electrons. The van der Waals surface area contributed by atoms with Crippen LogP contribution in [0.3, 0.4) is 0 Å². The van der Waals surface area contributed by atoms with Gasteiger partial charge in [-0.25, -0.2) is 0 Å². The quantitative estimate of drug-likeness (QED) is 0.781. The summed E-state index contributed by atoms with van der Waals surface area (Å²) in [4.78, 5) is 17.3. The van der Waals surface area contributed by atoms with Crippen LogP contribution in [0.5, 0.6) is 0 Å². The summed E-state index contributed by atoms with van der Waals surface area (Å²) in [6.45, 7) is 6.80. The summed E-state index contributed by atoms with van der Waals surface area (Å²) in [5.74, 6) is -1.52. The van der Waals surface area contributed by atoms with Gasteiger partial charge >= 0.3 is 12.1 Å². The minimum atomic E-state index is -4.66. The lowest BCUT2D eigenvalue weighted by Gasteiger charge is -2.24. The summed E-state index contributed by atoms with van der Waals surface area (Å²) < 4.78 is 41.7. The Morgan fingerprint density at radius 1 is 1.24 bits per heavy atom. The SMILES string of the molecule is CCCN(Cc1ccc(-c2noc(C(F)(F)F)n2)cc1)C(=O)C(C)C. The molecule has 1 aromatic carbocycles. The van der Waals surface area contributed by atoms with Gasteiger partial charge in [-0.3, -0.25) is 4.79 Å². The summed E-state index contributed by atoms with van der Waals surface area (Å²) in [5, 5.41) is 3.35. The number of benzene rings is 1. The Hall–Kier alpha value is -2.38. The second kappa shape index (κ2) is 7.67. The molecule has 1 aromatic heterocycles. The van der Waals surface area contributed by atoms with Crippen LogP contribution < -0.4 is 0 Å². The van der Waals surface area contributed by atoms with Crippen LogP contribution in [-0.2, 0) is 17.5 Å². The molecule has 0 spiro atoms. The molecule has 0 atom stereocenters. The molecule has 0 aliphatic heterocycles. The molecule has 0 aliphatic rings. The number of aromatic nitrogens is 2. The molecule has 0 fully saturated rings. The molecule has 1 amide bonds. The van der Waals surface area contributed by atoms with Crippen LogP contribution in [0.25, 0.3) is 11.4 Å².